The van der Waals surface area contributed by atoms with Gasteiger partial charge in [-0.3, -0.25) is 4.79 Å². The first-order valence-electron chi connectivity index (χ1n) is 5.98. The third-order valence-corrected chi connectivity index (χ3v) is 3.54. The van der Waals surface area contributed by atoms with Gasteiger partial charge in [-0.15, -0.1) is 0 Å². The van der Waals surface area contributed by atoms with Gasteiger partial charge in [-0.25, -0.2) is 13.6 Å². The summed E-state index contributed by atoms with van der Waals surface area (Å²) < 4.78 is 22.7. The number of amides is 1. The first kappa shape index (κ1) is 15.6. The van der Waals surface area contributed by atoms with E-state index in [0.717, 1.165) is 13.0 Å². The minimum atomic E-state index is -3.78. The normalized spacial score (nSPS) is 11.3. The number of anilines is 1. The molecule has 0 aliphatic carbocycles. The maximum atomic E-state index is 11.6. The standard InChI is InChI=1S/C12H19N3O3S/c1-3-6-14-8-12(16)15-10-5-4-9(2)11(7-10)19(13,17)18/h4-5,7,14H,3,6,8H2,1-2H3,(H,15,16)(H2,13,17,18). The molecule has 0 spiro atoms. The van der Waals surface area contributed by atoms with E-state index in [-0.39, 0.29) is 17.3 Å². The van der Waals surface area contributed by atoms with Crippen LogP contribution < -0.4 is 15.8 Å². The molecule has 0 bridgehead atoms. The van der Waals surface area contributed by atoms with Crippen molar-refractivity contribution in [3.05, 3.63) is 23.8 Å². The summed E-state index contributed by atoms with van der Waals surface area (Å²) in [7, 11) is -3.78. The van der Waals surface area contributed by atoms with E-state index in [9.17, 15) is 13.2 Å². The Bertz CT molecular complexity index is 555. The van der Waals surface area contributed by atoms with Crippen LogP contribution in [-0.4, -0.2) is 27.4 Å². The molecule has 7 heteroatoms. The van der Waals surface area contributed by atoms with Gasteiger partial charge in [0.1, 0.15) is 0 Å². The van der Waals surface area contributed by atoms with Gasteiger partial charge in [0.2, 0.25) is 15.9 Å². The van der Waals surface area contributed by atoms with Crippen LogP contribution in [0.3, 0.4) is 0 Å². The van der Waals surface area contributed by atoms with Gasteiger partial charge in [-0.05, 0) is 37.6 Å². The third kappa shape index (κ3) is 4.98. The number of carbonyl (C=O) groups is 1. The second-order valence-corrected chi connectivity index (χ2v) is 5.78. The number of sulfonamides is 1. The Hall–Kier alpha value is -1.44. The molecule has 1 aromatic carbocycles. The molecule has 0 aromatic heterocycles. The minimum Gasteiger partial charge on any atom is -0.325 e. The van der Waals surface area contributed by atoms with Crippen molar-refractivity contribution in [2.75, 3.05) is 18.4 Å². The van der Waals surface area contributed by atoms with E-state index in [0.29, 0.717) is 11.3 Å². The van der Waals surface area contributed by atoms with Gasteiger partial charge >= 0.3 is 0 Å². The Morgan fingerprint density at radius 3 is 2.63 bits per heavy atom. The molecule has 0 heterocycles. The van der Waals surface area contributed by atoms with E-state index in [1.165, 1.54) is 6.07 Å². The van der Waals surface area contributed by atoms with Crippen molar-refractivity contribution in [2.24, 2.45) is 5.14 Å². The van der Waals surface area contributed by atoms with Crippen LogP contribution in [0.5, 0.6) is 0 Å². The zero-order valence-corrected chi connectivity index (χ0v) is 11.9. The van der Waals surface area contributed by atoms with Crippen molar-refractivity contribution in [1.82, 2.24) is 5.32 Å². The molecule has 6 nitrogen and oxygen atoms in total. The lowest BCUT2D eigenvalue weighted by molar-refractivity contribution is -0.115. The van der Waals surface area contributed by atoms with Gasteiger partial charge in [-0.2, -0.15) is 0 Å². The van der Waals surface area contributed by atoms with Crippen LogP contribution in [0.25, 0.3) is 0 Å². The molecular formula is C12H19N3O3S. The summed E-state index contributed by atoms with van der Waals surface area (Å²) in [5.41, 5.74) is 0.961. The number of benzene rings is 1. The Labute approximate surface area is 113 Å². The fourth-order valence-electron chi connectivity index (χ4n) is 1.57. The number of hydrogen-bond donors (Lipinski definition) is 3. The predicted octanol–water partition coefficient (Wildman–Crippen LogP) is 0.581. The highest BCUT2D eigenvalue weighted by molar-refractivity contribution is 7.89. The van der Waals surface area contributed by atoms with Crippen LogP contribution in [-0.2, 0) is 14.8 Å². The maximum Gasteiger partial charge on any atom is 0.238 e. The molecule has 0 aliphatic heterocycles. The van der Waals surface area contributed by atoms with Crippen LogP contribution in [0.2, 0.25) is 0 Å². The van der Waals surface area contributed by atoms with E-state index in [2.05, 4.69) is 10.6 Å². The minimum absolute atomic E-state index is 0.0202. The summed E-state index contributed by atoms with van der Waals surface area (Å²) >= 11 is 0. The summed E-state index contributed by atoms with van der Waals surface area (Å²) in [6, 6.07) is 4.61. The number of aryl methyl sites for hydroxylation is 1. The monoisotopic (exact) mass is 285 g/mol. The zero-order chi connectivity index (χ0) is 14.5. The van der Waals surface area contributed by atoms with Crippen molar-refractivity contribution in [1.29, 1.82) is 0 Å². The largest absolute Gasteiger partial charge is 0.325 e. The number of carbonyl (C=O) groups excluding carboxylic acids is 1. The molecule has 0 unspecified atom stereocenters. The molecule has 0 saturated heterocycles. The van der Waals surface area contributed by atoms with E-state index < -0.39 is 10.0 Å². The van der Waals surface area contributed by atoms with Crippen LogP contribution in [0.15, 0.2) is 23.1 Å². The predicted molar refractivity (Wildman–Crippen MR) is 74.3 cm³/mol. The number of nitrogens with two attached hydrogens (primary N) is 1. The molecule has 0 aliphatic rings. The Morgan fingerprint density at radius 1 is 1.37 bits per heavy atom. The van der Waals surface area contributed by atoms with Crippen LogP contribution >= 0.6 is 0 Å². The molecule has 106 valence electrons. The fourth-order valence-corrected chi connectivity index (χ4v) is 2.38. The molecule has 4 N–H and O–H groups in total. The average molecular weight is 285 g/mol. The molecular weight excluding hydrogens is 266 g/mol. The van der Waals surface area contributed by atoms with Crippen molar-refractivity contribution in [3.63, 3.8) is 0 Å². The van der Waals surface area contributed by atoms with Gasteiger partial charge in [-0.1, -0.05) is 13.0 Å². The van der Waals surface area contributed by atoms with Crippen molar-refractivity contribution < 1.29 is 13.2 Å². The summed E-state index contributed by atoms with van der Waals surface area (Å²) in [6.45, 7) is 4.59. The molecule has 0 radical (unpaired) electrons. The first-order valence-corrected chi connectivity index (χ1v) is 7.53. The molecule has 1 rings (SSSR count). The van der Waals surface area contributed by atoms with Gasteiger partial charge < -0.3 is 10.6 Å². The fraction of sp³-hybridized carbons (Fsp3) is 0.417. The summed E-state index contributed by atoms with van der Waals surface area (Å²) in [5.74, 6) is -0.224. The van der Waals surface area contributed by atoms with Crippen LogP contribution in [0.1, 0.15) is 18.9 Å². The molecule has 0 fully saturated rings. The molecule has 1 aromatic rings. The lowest BCUT2D eigenvalue weighted by atomic mass is 10.2. The highest BCUT2D eigenvalue weighted by atomic mass is 32.2. The highest BCUT2D eigenvalue weighted by Gasteiger charge is 2.12. The van der Waals surface area contributed by atoms with Gasteiger partial charge in [0, 0.05) is 5.69 Å². The molecule has 0 saturated carbocycles. The smallest absolute Gasteiger partial charge is 0.238 e. The molecule has 1 amide bonds. The van der Waals surface area contributed by atoms with E-state index in [1.54, 1.807) is 19.1 Å². The Morgan fingerprint density at radius 2 is 2.05 bits per heavy atom. The van der Waals surface area contributed by atoms with E-state index in [1.807, 2.05) is 6.92 Å². The van der Waals surface area contributed by atoms with Gasteiger partial charge in [0.15, 0.2) is 0 Å². The number of nitrogens with one attached hydrogen (secondary N) is 2. The summed E-state index contributed by atoms with van der Waals surface area (Å²) in [4.78, 5) is 11.6. The lowest BCUT2D eigenvalue weighted by Gasteiger charge is -2.09. The number of hydrogen-bond acceptors (Lipinski definition) is 4. The van der Waals surface area contributed by atoms with E-state index >= 15 is 0 Å². The van der Waals surface area contributed by atoms with Crippen LogP contribution in [0, 0.1) is 6.92 Å². The highest BCUT2D eigenvalue weighted by Crippen LogP contribution is 2.18. The second kappa shape index (κ2) is 6.65. The van der Waals surface area contributed by atoms with Gasteiger partial charge in [0.05, 0.1) is 11.4 Å². The van der Waals surface area contributed by atoms with Crippen molar-refractivity contribution in [2.45, 2.75) is 25.2 Å². The van der Waals surface area contributed by atoms with E-state index in [4.69, 9.17) is 5.14 Å². The Kier molecular flexibility index (Phi) is 5.46. The topological polar surface area (TPSA) is 101 Å². The zero-order valence-electron chi connectivity index (χ0n) is 11.1. The third-order valence-electron chi connectivity index (χ3n) is 2.49. The summed E-state index contributed by atoms with van der Waals surface area (Å²) in [6.07, 6.45) is 0.938. The van der Waals surface area contributed by atoms with Gasteiger partial charge in [0.25, 0.3) is 0 Å². The second-order valence-electron chi connectivity index (χ2n) is 4.25. The Balaban J connectivity index is 2.78. The lowest BCUT2D eigenvalue weighted by Crippen LogP contribution is -2.28. The molecule has 19 heavy (non-hydrogen) atoms. The first-order chi connectivity index (χ1) is 8.84. The SMILES string of the molecule is CCCNCC(=O)Nc1ccc(C)c(S(N)(=O)=O)c1. The van der Waals surface area contributed by atoms with Crippen molar-refractivity contribution >= 4 is 21.6 Å². The quantitative estimate of drug-likeness (QED) is 0.665. The number of primary sulfonamides is 1. The molecule has 0 atom stereocenters. The summed E-state index contributed by atoms with van der Waals surface area (Å²) in [5, 5.41) is 10.7. The number of rotatable bonds is 6. The van der Waals surface area contributed by atoms with Crippen molar-refractivity contribution in [3.8, 4) is 0 Å². The maximum absolute atomic E-state index is 11.6. The van der Waals surface area contributed by atoms with Crippen LogP contribution in [0.4, 0.5) is 5.69 Å². The average Bonchev–Trinajstić information content (AvgIpc) is 2.30.